The molecule has 2 aliphatic heterocycles. The van der Waals surface area contributed by atoms with Gasteiger partial charge in [0.1, 0.15) is 0 Å². The molecule has 2 N–H and O–H groups in total. The zero-order valence-electron chi connectivity index (χ0n) is 15.7. The molecule has 0 radical (unpaired) electrons. The number of amides is 3. The van der Waals surface area contributed by atoms with Gasteiger partial charge in [-0.25, -0.2) is 4.79 Å². The van der Waals surface area contributed by atoms with E-state index in [-0.39, 0.29) is 24.4 Å². The van der Waals surface area contributed by atoms with Crippen LogP contribution in [0.5, 0.6) is 0 Å². The number of carboxylic acids is 1. The maximum atomic E-state index is 12.6. The van der Waals surface area contributed by atoms with Gasteiger partial charge in [0.15, 0.2) is 0 Å². The molecule has 0 aliphatic carbocycles. The molecule has 7 nitrogen and oxygen atoms in total. The first-order valence-corrected chi connectivity index (χ1v) is 9.54. The van der Waals surface area contributed by atoms with E-state index in [1.54, 1.807) is 4.90 Å². The molecule has 0 saturated carbocycles. The number of urea groups is 1. The number of piperidine rings is 1. The maximum absolute atomic E-state index is 12.6. The van der Waals surface area contributed by atoms with Crippen LogP contribution in [0.15, 0.2) is 24.3 Å². The molecule has 0 spiro atoms. The van der Waals surface area contributed by atoms with Gasteiger partial charge < -0.3 is 20.2 Å². The smallest absolute Gasteiger partial charge is 0.317 e. The minimum Gasteiger partial charge on any atom is -0.481 e. The Balaban J connectivity index is 1.60. The Kier molecular flexibility index (Phi) is 5.98. The number of carboxylic acid groups (broad SMARTS) is 1. The van der Waals surface area contributed by atoms with E-state index in [2.05, 4.69) is 5.32 Å². The van der Waals surface area contributed by atoms with Crippen LogP contribution in [0.25, 0.3) is 0 Å². The first-order valence-electron chi connectivity index (χ1n) is 9.54. The minimum atomic E-state index is -0.847. The van der Waals surface area contributed by atoms with Gasteiger partial charge in [-0.05, 0) is 29.9 Å². The highest BCUT2D eigenvalue weighted by molar-refractivity contribution is 5.78. The molecule has 1 aromatic carbocycles. The summed E-state index contributed by atoms with van der Waals surface area (Å²) in [5, 5.41) is 12.2. The maximum Gasteiger partial charge on any atom is 0.317 e. The van der Waals surface area contributed by atoms with Crippen molar-refractivity contribution in [1.82, 2.24) is 15.1 Å². The van der Waals surface area contributed by atoms with Gasteiger partial charge in [0.05, 0.1) is 5.92 Å². The predicted molar refractivity (Wildman–Crippen MR) is 99.8 cm³/mol. The number of likely N-dealkylation sites (tertiary alicyclic amines) is 2. The van der Waals surface area contributed by atoms with Crippen molar-refractivity contribution in [3.63, 3.8) is 0 Å². The van der Waals surface area contributed by atoms with E-state index in [0.29, 0.717) is 32.5 Å². The van der Waals surface area contributed by atoms with Gasteiger partial charge in [-0.3, -0.25) is 9.59 Å². The van der Waals surface area contributed by atoms with Crippen molar-refractivity contribution in [2.45, 2.75) is 39.3 Å². The first kappa shape index (κ1) is 19.2. The zero-order valence-corrected chi connectivity index (χ0v) is 15.7. The fraction of sp³-hybridized carbons (Fsp3) is 0.550. The third-order valence-corrected chi connectivity index (χ3v) is 5.38. The van der Waals surface area contributed by atoms with Gasteiger partial charge in [0.25, 0.3) is 0 Å². The Hall–Kier alpha value is -2.57. The lowest BCUT2D eigenvalue weighted by molar-refractivity contribution is -0.143. The van der Waals surface area contributed by atoms with Gasteiger partial charge in [0, 0.05) is 39.1 Å². The molecule has 2 heterocycles. The third-order valence-electron chi connectivity index (χ3n) is 5.38. The lowest BCUT2D eigenvalue weighted by Gasteiger charge is -2.34. The quantitative estimate of drug-likeness (QED) is 0.827. The number of hydrogen-bond acceptors (Lipinski definition) is 3. The Labute approximate surface area is 159 Å². The molecule has 2 unspecified atom stereocenters. The zero-order chi connectivity index (χ0) is 19.4. The van der Waals surface area contributed by atoms with E-state index in [1.807, 2.05) is 36.1 Å². The number of nitrogens with zero attached hydrogens (tertiary/aromatic N) is 2. The highest BCUT2D eigenvalue weighted by Gasteiger charge is 2.31. The monoisotopic (exact) mass is 373 g/mol. The van der Waals surface area contributed by atoms with Gasteiger partial charge in [-0.2, -0.15) is 0 Å². The lowest BCUT2D eigenvalue weighted by Crippen LogP contribution is -2.49. The van der Waals surface area contributed by atoms with Gasteiger partial charge in [-0.15, -0.1) is 0 Å². The Morgan fingerprint density at radius 2 is 1.96 bits per heavy atom. The van der Waals surface area contributed by atoms with E-state index in [9.17, 15) is 19.5 Å². The molecule has 7 heteroatoms. The molecule has 2 fully saturated rings. The van der Waals surface area contributed by atoms with Crippen molar-refractivity contribution in [3.8, 4) is 0 Å². The third kappa shape index (κ3) is 4.78. The average molecular weight is 373 g/mol. The molecular weight excluding hydrogens is 346 g/mol. The fourth-order valence-corrected chi connectivity index (χ4v) is 3.94. The van der Waals surface area contributed by atoms with E-state index in [0.717, 1.165) is 24.1 Å². The molecular formula is C20H27N3O4. The van der Waals surface area contributed by atoms with Crippen molar-refractivity contribution < 1.29 is 19.5 Å². The fourth-order valence-electron chi connectivity index (χ4n) is 3.94. The van der Waals surface area contributed by atoms with Gasteiger partial charge in [-0.1, -0.05) is 31.2 Å². The Bertz CT molecular complexity index is 721. The van der Waals surface area contributed by atoms with Crippen LogP contribution in [0.1, 0.15) is 37.3 Å². The van der Waals surface area contributed by atoms with Crippen LogP contribution < -0.4 is 5.32 Å². The first-order chi connectivity index (χ1) is 12.9. The predicted octanol–water partition coefficient (Wildman–Crippen LogP) is 2.06. The van der Waals surface area contributed by atoms with E-state index < -0.39 is 11.9 Å². The number of rotatable bonds is 5. The van der Waals surface area contributed by atoms with Crippen LogP contribution in [-0.2, 0) is 22.7 Å². The van der Waals surface area contributed by atoms with E-state index in [4.69, 9.17) is 0 Å². The van der Waals surface area contributed by atoms with Crippen molar-refractivity contribution in [2.75, 3.05) is 19.6 Å². The number of aliphatic carboxylic acids is 1. The van der Waals surface area contributed by atoms with Crippen molar-refractivity contribution in [1.29, 1.82) is 0 Å². The molecule has 2 aliphatic rings. The summed E-state index contributed by atoms with van der Waals surface area (Å²) in [5.74, 6) is -1.01. The van der Waals surface area contributed by atoms with Gasteiger partial charge in [0.2, 0.25) is 5.91 Å². The molecule has 3 rings (SSSR count). The summed E-state index contributed by atoms with van der Waals surface area (Å²) in [6.07, 6.45) is 2.11. The highest BCUT2D eigenvalue weighted by atomic mass is 16.4. The van der Waals surface area contributed by atoms with Crippen molar-refractivity contribution >= 4 is 17.9 Å². The number of nitrogens with one attached hydrogen (secondary N) is 1. The van der Waals surface area contributed by atoms with Crippen molar-refractivity contribution in [2.24, 2.45) is 11.8 Å². The second kappa shape index (κ2) is 8.41. The Morgan fingerprint density at radius 3 is 2.63 bits per heavy atom. The number of carbonyl (C=O) groups is 3. The van der Waals surface area contributed by atoms with Crippen LogP contribution >= 0.6 is 0 Å². The van der Waals surface area contributed by atoms with Crippen LogP contribution in [0.3, 0.4) is 0 Å². The number of benzene rings is 1. The summed E-state index contributed by atoms with van der Waals surface area (Å²) < 4.78 is 0. The molecule has 2 saturated heterocycles. The summed E-state index contributed by atoms with van der Waals surface area (Å²) >= 11 is 0. The Morgan fingerprint density at radius 1 is 1.22 bits per heavy atom. The summed E-state index contributed by atoms with van der Waals surface area (Å²) in [7, 11) is 0. The van der Waals surface area contributed by atoms with Crippen LogP contribution in [-0.4, -0.2) is 52.4 Å². The van der Waals surface area contributed by atoms with Gasteiger partial charge >= 0.3 is 12.0 Å². The van der Waals surface area contributed by atoms with Crippen LogP contribution in [0, 0.1) is 11.8 Å². The van der Waals surface area contributed by atoms with E-state index in [1.165, 1.54) is 0 Å². The summed E-state index contributed by atoms with van der Waals surface area (Å²) in [6.45, 7) is 4.49. The second-order valence-corrected chi connectivity index (χ2v) is 7.63. The average Bonchev–Trinajstić information content (AvgIpc) is 3.05. The molecule has 2 atom stereocenters. The summed E-state index contributed by atoms with van der Waals surface area (Å²) in [6, 6.07) is 7.55. The van der Waals surface area contributed by atoms with Crippen molar-refractivity contribution in [3.05, 3.63) is 35.4 Å². The highest BCUT2D eigenvalue weighted by Crippen LogP contribution is 2.22. The number of hydrogen-bond donors (Lipinski definition) is 2. The topological polar surface area (TPSA) is 89.9 Å². The SMILES string of the molecule is CC1CC(C(=O)O)CN(C(=O)NCc2ccccc2CN2CCCC2=O)C1. The molecule has 0 aromatic heterocycles. The summed E-state index contributed by atoms with van der Waals surface area (Å²) in [4.78, 5) is 39.2. The lowest BCUT2D eigenvalue weighted by atomic mass is 9.91. The second-order valence-electron chi connectivity index (χ2n) is 7.63. The molecule has 0 bridgehead atoms. The molecule has 3 amide bonds. The normalized spacial score (nSPS) is 22.8. The molecule has 1 aromatic rings. The van der Waals surface area contributed by atoms with Crippen LogP contribution in [0.4, 0.5) is 4.79 Å². The standard InChI is InChI=1S/C20H27N3O4/c1-14-9-17(19(25)26)13-23(11-14)20(27)21-10-15-5-2-3-6-16(15)12-22-8-4-7-18(22)24/h2-3,5-6,14,17H,4,7-13H2,1H3,(H,21,27)(H,25,26). The van der Waals surface area contributed by atoms with E-state index >= 15 is 0 Å². The van der Waals surface area contributed by atoms with Crippen LogP contribution in [0.2, 0.25) is 0 Å². The number of carbonyl (C=O) groups excluding carboxylic acids is 2. The molecule has 27 heavy (non-hydrogen) atoms. The summed E-state index contributed by atoms with van der Waals surface area (Å²) in [5.41, 5.74) is 2.01. The molecule has 146 valence electrons. The minimum absolute atomic E-state index is 0.166. The largest absolute Gasteiger partial charge is 0.481 e.